The second-order valence-electron chi connectivity index (χ2n) is 4.56. The van der Waals surface area contributed by atoms with Crippen molar-refractivity contribution < 1.29 is 0 Å². The summed E-state index contributed by atoms with van der Waals surface area (Å²) in [4.78, 5) is 0. The van der Waals surface area contributed by atoms with Crippen LogP contribution in [0.5, 0.6) is 0 Å². The minimum atomic E-state index is -0.0199. The van der Waals surface area contributed by atoms with Crippen LogP contribution in [0.15, 0.2) is 54.6 Å². The first kappa shape index (κ1) is 14.9. The van der Waals surface area contributed by atoms with Gasteiger partial charge in [0.15, 0.2) is 0 Å². The van der Waals surface area contributed by atoms with Gasteiger partial charge < -0.3 is 5.73 Å². The SMILES string of the molecule is N=C(N)C(CSCc1ccc(Cl)cc1)c1ccccc1. The second-order valence-corrected chi connectivity index (χ2v) is 6.03. The van der Waals surface area contributed by atoms with E-state index in [2.05, 4.69) is 0 Å². The number of nitrogens with one attached hydrogen (secondary N) is 1. The maximum Gasteiger partial charge on any atom is 0.0990 e. The van der Waals surface area contributed by atoms with E-state index in [1.807, 2.05) is 54.6 Å². The Labute approximate surface area is 128 Å². The topological polar surface area (TPSA) is 49.9 Å². The summed E-state index contributed by atoms with van der Waals surface area (Å²) in [6.45, 7) is 0. The first-order chi connectivity index (χ1) is 9.66. The molecule has 0 aromatic heterocycles. The summed E-state index contributed by atoms with van der Waals surface area (Å²) in [5.74, 6) is 1.91. The summed E-state index contributed by atoms with van der Waals surface area (Å²) in [6.07, 6.45) is 0. The van der Waals surface area contributed by atoms with E-state index in [0.717, 1.165) is 22.1 Å². The van der Waals surface area contributed by atoms with Gasteiger partial charge in [-0.1, -0.05) is 54.1 Å². The van der Waals surface area contributed by atoms with E-state index < -0.39 is 0 Å². The third kappa shape index (κ3) is 4.29. The van der Waals surface area contributed by atoms with Crippen molar-refractivity contribution in [2.75, 3.05) is 5.75 Å². The minimum absolute atomic E-state index is 0.0199. The molecule has 1 unspecified atom stereocenters. The maximum atomic E-state index is 7.75. The molecule has 0 heterocycles. The number of rotatable bonds is 6. The molecular weight excluding hydrogens is 288 g/mol. The Balaban J connectivity index is 1.93. The molecule has 1 atom stereocenters. The summed E-state index contributed by atoms with van der Waals surface area (Å²) < 4.78 is 0. The molecule has 0 radical (unpaired) electrons. The van der Waals surface area contributed by atoms with Crippen LogP contribution < -0.4 is 5.73 Å². The number of benzene rings is 2. The molecule has 0 aliphatic rings. The predicted octanol–water partition coefficient (Wildman–Crippen LogP) is 4.29. The van der Waals surface area contributed by atoms with Crippen LogP contribution in [0, 0.1) is 5.41 Å². The highest BCUT2D eigenvalue weighted by Crippen LogP contribution is 2.23. The van der Waals surface area contributed by atoms with Crippen molar-refractivity contribution in [3.63, 3.8) is 0 Å². The van der Waals surface area contributed by atoms with Crippen LogP contribution in [0.3, 0.4) is 0 Å². The smallest absolute Gasteiger partial charge is 0.0990 e. The highest BCUT2D eigenvalue weighted by molar-refractivity contribution is 7.98. The van der Waals surface area contributed by atoms with Gasteiger partial charge in [0.25, 0.3) is 0 Å². The van der Waals surface area contributed by atoms with Crippen LogP contribution in [-0.2, 0) is 5.75 Å². The molecule has 2 aromatic carbocycles. The van der Waals surface area contributed by atoms with E-state index >= 15 is 0 Å². The summed E-state index contributed by atoms with van der Waals surface area (Å²) >= 11 is 7.65. The van der Waals surface area contributed by atoms with Gasteiger partial charge in [-0.05, 0) is 23.3 Å². The Morgan fingerprint density at radius 1 is 1.10 bits per heavy atom. The molecule has 2 rings (SSSR count). The van der Waals surface area contributed by atoms with Gasteiger partial charge in [-0.3, -0.25) is 5.41 Å². The molecule has 0 saturated carbocycles. The van der Waals surface area contributed by atoms with Crippen molar-refractivity contribution in [3.05, 3.63) is 70.7 Å². The summed E-state index contributed by atoms with van der Waals surface area (Å²) in [5, 5.41) is 8.50. The lowest BCUT2D eigenvalue weighted by atomic mass is 10.0. The van der Waals surface area contributed by atoms with Crippen LogP contribution >= 0.6 is 23.4 Å². The third-order valence-electron chi connectivity index (χ3n) is 3.04. The predicted molar refractivity (Wildman–Crippen MR) is 88.7 cm³/mol. The van der Waals surface area contributed by atoms with Crippen molar-refractivity contribution in [2.45, 2.75) is 11.7 Å². The van der Waals surface area contributed by atoms with Crippen molar-refractivity contribution >= 4 is 29.2 Å². The molecule has 0 saturated heterocycles. The Kier molecular flexibility index (Phi) is 5.50. The quantitative estimate of drug-likeness (QED) is 0.618. The van der Waals surface area contributed by atoms with Gasteiger partial charge >= 0.3 is 0 Å². The van der Waals surface area contributed by atoms with E-state index in [1.54, 1.807) is 11.8 Å². The molecule has 3 N–H and O–H groups in total. The first-order valence-corrected chi connectivity index (χ1v) is 7.91. The molecule has 2 nitrogen and oxygen atoms in total. The highest BCUT2D eigenvalue weighted by Gasteiger charge is 2.14. The fourth-order valence-electron chi connectivity index (χ4n) is 1.93. The van der Waals surface area contributed by atoms with Crippen LogP contribution in [0.1, 0.15) is 17.0 Å². The molecule has 104 valence electrons. The number of thioether (sulfide) groups is 1. The second kappa shape index (κ2) is 7.36. The van der Waals surface area contributed by atoms with E-state index in [0.29, 0.717) is 0 Å². The fourth-order valence-corrected chi connectivity index (χ4v) is 3.21. The van der Waals surface area contributed by atoms with E-state index in [-0.39, 0.29) is 11.8 Å². The molecule has 0 amide bonds. The Morgan fingerprint density at radius 3 is 2.35 bits per heavy atom. The molecule has 0 aliphatic heterocycles. The number of amidine groups is 1. The minimum Gasteiger partial charge on any atom is -0.387 e. The van der Waals surface area contributed by atoms with Crippen LogP contribution in [-0.4, -0.2) is 11.6 Å². The van der Waals surface area contributed by atoms with Gasteiger partial charge in [-0.2, -0.15) is 11.8 Å². The van der Waals surface area contributed by atoms with E-state index in [9.17, 15) is 0 Å². The largest absolute Gasteiger partial charge is 0.387 e. The standard InChI is InChI=1S/C16H17ClN2S/c17-14-8-6-12(7-9-14)10-20-11-15(16(18)19)13-4-2-1-3-5-13/h1-9,15H,10-11H2,(H3,18,19). The van der Waals surface area contributed by atoms with Gasteiger partial charge in [-0.15, -0.1) is 0 Å². The van der Waals surface area contributed by atoms with Crippen LogP contribution in [0.2, 0.25) is 5.02 Å². The van der Waals surface area contributed by atoms with Gasteiger partial charge in [0.1, 0.15) is 0 Å². The van der Waals surface area contributed by atoms with Crippen molar-refractivity contribution in [1.29, 1.82) is 5.41 Å². The fraction of sp³-hybridized carbons (Fsp3) is 0.188. The third-order valence-corrected chi connectivity index (χ3v) is 4.40. The van der Waals surface area contributed by atoms with E-state index in [1.165, 1.54) is 5.56 Å². The Bertz CT molecular complexity index is 554. The molecule has 0 fully saturated rings. The zero-order chi connectivity index (χ0) is 14.4. The van der Waals surface area contributed by atoms with Gasteiger partial charge in [0, 0.05) is 22.4 Å². The maximum absolute atomic E-state index is 7.75. The number of hydrogen-bond acceptors (Lipinski definition) is 2. The van der Waals surface area contributed by atoms with Gasteiger partial charge in [0.2, 0.25) is 0 Å². The average molecular weight is 305 g/mol. The normalized spacial score (nSPS) is 12.1. The van der Waals surface area contributed by atoms with Gasteiger partial charge in [0.05, 0.1) is 5.84 Å². The monoisotopic (exact) mass is 304 g/mol. The lowest BCUT2D eigenvalue weighted by Crippen LogP contribution is -2.22. The molecular formula is C16H17ClN2S. The number of hydrogen-bond donors (Lipinski definition) is 2. The molecule has 0 spiro atoms. The summed E-state index contributed by atoms with van der Waals surface area (Å²) in [5.41, 5.74) is 8.05. The first-order valence-electron chi connectivity index (χ1n) is 6.38. The van der Waals surface area contributed by atoms with Crippen LogP contribution in [0.4, 0.5) is 0 Å². The summed E-state index contributed by atoms with van der Waals surface area (Å²) in [7, 11) is 0. The summed E-state index contributed by atoms with van der Waals surface area (Å²) in [6, 6.07) is 17.8. The highest BCUT2D eigenvalue weighted by atomic mass is 35.5. The Morgan fingerprint density at radius 2 is 1.75 bits per heavy atom. The number of nitrogens with two attached hydrogens (primary N) is 1. The van der Waals surface area contributed by atoms with Crippen molar-refractivity contribution in [2.24, 2.45) is 5.73 Å². The number of halogens is 1. The lowest BCUT2D eigenvalue weighted by molar-refractivity contribution is 1.01. The molecule has 20 heavy (non-hydrogen) atoms. The zero-order valence-electron chi connectivity index (χ0n) is 11.1. The van der Waals surface area contributed by atoms with Crippen molar-refractivity contribution in [1.82, 2.24) is 0 Å². The lowest BCUT2D eigenvalue weighted by Gasteiger charge is -2.15. The molecule has 4 heteroatoms. The van der Waals surface area contributed by atoms with Gasteiger partial charge in [-0.25, -0.2) is 0 Å². The average Bonchev–Trinajstić information content (AvgIpc) is 2.46. The molecule has 0 bridgehead atoms. The van der Waals surface area contributed by atoms with Crippen LogP contribution in [0.25, 0.3) is 0 Å². The Hall–Kier alpha value is -1.45. The van der Waals surface area contributed by atoms with Crippen molar-refractivity contribution in [3.8, 4) is 0 Å². The molecule has 0 aliphatic carbocycles. The van der Waals surface area contributed by atoms with E-state index in [4.69, 9.17) is 22.7 Å². The zero-order valence-corrected chi connectivity index (χ0v) is 12.6. The molecule has 2 aromatic rings.